The van der Waals surface area contributed by atoms with Gasteiger partial charge in [0.2, 0.25) is 11.8 Å². The Morgan fingerprint density at radius 2 is 2.03 bits per heavy atom. The second-order valence-corrected chi connectivity index (χ2v) is 7.32. The van der Waals surface area contributed by atoms with Crippen molar-refractivity contribution >= 4 is 23.6 Å². The monoisotopic (exact) mass is 442 g/mol. The molecule has 1 aliphatic heterocycles. The minimum absolute atomic E-state index is 0.0461. The van der Waals surface area contributed by atoms with Crippen molar-refractivity contribution in [3.05, 3.63) is 57.8 Å². The number of aromatic nitrogens is 4. The van der Waals surface area contributed by atoms with Gasteiger partial charge in [0.1, 0.15) is 12.0 Å². The molecule has 11 nitrogen and oxygen atoms in total. The largest absolute Gasteiger partial charge is 0.432 e. The van der Waals surface area contributed by atoms with Gasteiger partial charge in [-0.25, -0.2) is 9.97 Å². The highest BCUT2D eigenvalue weighted by molar-refractivity contribution is 5.92. The zero-order chi connectivity index (χ0) is 22.7. The van der Waals surface area contributed by atoms with Crippen LogP contribution in [0, 0.1) is 12.7 Å². The summed E-state index contributed by atoms with van der Waals surface area (Å²) in [6, 6.07) is 3.83. The fourth-order valence-electron chi connectivity index (χ4n) is 3.50. The first kappa shape index (κ1) is 21.4. The maximum atomic E-state index is 13.0. The van der Waals surface area contributed by atoms with Crippen molar-refractivity contribution in [1.29, 1.82) is 0 Å². The topological polar surface area (TPSA) is 132 Å². The molecule has 1 aliphatic rings. The average molecular weight is 442 g/mol. The average Bonchev–Trinajstić information content (AvgIpc) is 3.23. The van der Waals surface area contributed by atoms with Crippen molar-refractivity contribution in [2.45, 2.75) is 13.5 Å². The van der Waals surface area contributed by atoms with E-state index in [9.17, 15) is 14.0 Å². The number of nitrogens with one attached hydrogen (secondary N) is 3. The Morgan fingerprint density at radius 3 is 2.72 bits per heavy atom. The van der Waals surface area contributed by atoms with Gasteiger partial charge < -0.3 is 14.6 Å². The van der Waals surface area contributed by atoms with Crippen LogP contribution < -0.4 is 21.1 Å². The fourth-order valence-corrected chi connectivity index (χ4v) is 3.50. The lowest BCUT2D eigenvalue weighted by atomic mass is 10.2. The van der Waals surface area contributed by atoms with Gasteiger partial charge in [0.15, 0.2) is 0 Å². The quantitative estimate of drug-likeness (QED) is 0.512. The molecular formula is C20H23FN8O3. The summed E-state index contributed by atoms with van der Waals surface area (Å²) < 4.78 is 18.4. The maximum absolute atomic E-state index is 13.0. The van der Waals surface area contributed by atoms with E-state index in [1.807, 2.05) is 13.0 Å². The number of nitrogens with zero attached hydrogens (tertiary/aromatic N) is 5. The normalized spacial score (nSPS) is 14.4. The van der Waals surface area contributed by atoms with Crippen LogP contribution in [0.3, 0.4) is 0 Å². The summed E-state index contributed by atoms with van der Waals surface area (Å²) in [6.45, 7) is 5.76. The molecule has 1 amide bonds. The van der Waals surface area contributed by atoms with Crippen LogP contribution in [0.2, 0.25) is 0 Å². The molecule has 32 heavy (non-hydrogen) atoms. The summed E-state index contributed by atoms with van der Waals surface area (Å²) in [5.41, 5.74) is 2.09. The maximum Gasteiger partial charge on any atom is 0.301 e. The van der Waals surface area contributed by atoms with Gasteiger partial charge in [-0.05, 0) is 19.1 Å². The number of rotatable bonds is 6. The molecule has 0 unspecified atom stereocenters. The van der Waals surface area contributed by atoms with E-state index in [-0.39, 0.29) is 17.9 Å². The number of aryl methyl sites for hydroxylation is 1. The molecule has 168 valence electrons. The summed E-state index contributed by atoms with van der Waals surface area (Å²) in [4.78, 5) is 42.3. The summed E-state index contributed by atoms with van der Waals surface area (Å²) in [6.07, 6.45) is 2.36. The highest BCUT2D eigenvalue weighted by Gasteiger charge is 2.21. The van der Waals surface area contributed by atoms with Gasteiger partial charge in [-0.1, -0.05) is 0 Å². The Labute approximate surface area is 182 Å². The number of piperazine rings is 1. The lowest BCUT2D eigenvalue weighted by molar-refractivity contribution is 0.0958. The van der Waals surface area contributed by atoms with Crippen LogP contribution in [0.25, 0.3) is 0 Å². The van der Waals surface area contributed by atoms with Crippen molar-refractivity contribution in [3.63, 3.8) is 0 Å². The van der Waals surface area contributed by atoms with Crippen LogP contribution in [0.4, 0.5) is 22.0 Å². The van der Waals surface area contributed by atoms with Gasteiger partial charge in [0.25, 0.3) is 11.5 Å². The van der Waals surface area contributed by atoms with Crippen LogP contribution in [-0.4, -0.2) is 64.0 Å². The highest BCUT2D eigenvalue weighted by atomic mass is 19.1. The first-order valence-electron chi connectivity index (χ1n) is 10.1. The zero-order valence-electron chi connectivity index (χ0n) is 17.7. The Hall–Kier alpha value is -3.80. The minimum Gasteiger partial charge on any atom is -0.432 e. The van der Waals surface area contributed by atoms with Gasteiger partial charge in [0, 0.05) is 39.8 Å². The second-order valence-electron chi connectivity index (χ2n) is 7.32. The Kier molecular flexibility index (Phi) is 6.12. The smallest absolute Gasteiger partial charge is 0.301 e. The van der Waals surface area contributed by atoms with Crippen molar-refractivity contribution in [2.24, 2.45) is 0 Å². The van der Waals surface area contributed by atoms with Crippen molar-refractivity contribution in [2.75, 3.05) is 43.4 Å². The van der Waals surface area contributed by atoms with Gasteiger partial charge in [-0.3, -0.25) is 24.8 Å². The van der Waals surface area contributed by atoms with E-state index >= 15 is 0 Å². The van der Waals surface area contributed by atoms with Gasteiger partial charge in [-0.15, -0.1) is 0 Å². The van der Waals surface area contributed by atoms with Crippen LogP contribution in [0.1, 0.15) is 21.9 Å². The number of halogens is 1. The molecule has 0 saturated carbocycles. The molecule has 0 aliphatic carbocycles. The fraction of sp³-hybridized carbons (Fsp3) is 0.350. The molecule has 4 heterocycles. The first-order valence-corrected chi connectivity index (χ1v) is 10.1. The van der Waals surface area contributed by atoms with E-state index in [4.69, 9.17) is 4.42 Å². The van der Waals surface area contributed by atoms with E-state index in [0.29, 0.717) is 12.2 Å². The summed E-state index contributed by atoms with van der Waals surface area (Å²) in [5.74, 6) is -1.12. The standard InChI is InChI=1S/C20H23FN8O3/c1-12-16(4-3-15(24-12)18(31)22-2)29-7-5-28(6-8-29)10-13-11-32-20(25-13)27-19-23-9-14(21)17(30)26-19/h3-4,9,11H,5-8,10H2,1-2H3,(H,22,31)(H2,23,25,26,27,30). The van der Waals surface area contributed by atoms with Crippen LogP contribution in [0.5, 0.6) is 0 Å². The molecule has 3 N–H and O–H groups in total. The van der Waals surface area contributed by atoms with Crippen LogP contribution in [-0.2, 0) is 6.54 Å². The number of oxazole rings is 1. The lowest BCUT2D eigenvalue weighted by Crippen LogP contribution is -2.46. The number of carbonyl (C=O) groups is 1. The van der Waals surface area contributed by atoms with Crippen molar-refractivity contribution in [3.8, 4) is 0 Å². The van der Waals surface area contributed by atoms with Gasteiger partial charge in [-0.2, -0.15) is 9.37 Å². The Balaban J connectivity index is 1.32. The predicted molar refractivity (Wildman–Crippen MR) is 114 cm³/mol. The molecule has 3 aromatic heterocycles. The molecule has 1 fully saturated rings. The summed E-state index contributed by atoms with van der Waals surface area (Å²) in [7, 11) is 1.58. The highest BCUT2D eigenvalue weighted by Crippen LogP contribution is 2.21. The molecule has 3 aromatic rings. The number of pyridine rings is 1. The molecule has 0 spiro atoms. The number of aromatic amines is 1. The number of amides is 1. The van der Waals surface area contributed by atoms with E-state index in [2.05, 4.69) is 40.4 Å². The van der Waals surface area contributed by atoms with E-state index in [1.165, 1.54) is 6.26 Å². The third-order valence-corrected chi connectivity index (χ3v) is 5.15. The molecule has 0 radical (unpaired) electrons. The molecule has 4 rings (SSSR count). The Bertz CT molecular complexity index is 1170. The molecule has 0 aromatic carbocycles. The summed E-state index contributed by atoms with van der Waals surface area (Å²) in [5, 5.41) is 5.29. The van der Waals surface area contributed by atoms with E-state index in [1.54, 1.807) is 13.1 Å². The third kappa shape index (κ3) is 4.75. The van der Waals surface area contributed by atoms with Crippen LogP contribution >= 0.6 is 0 Å². The number of hydrogen-bond acceptors (Lipinski definition) is 9. The molecule has 0 atom stereocenters. The SMILES string of the molecule is CNC(=O)c1ccc(N2CCN(Cc3coc(Nc4ncc(F)c(=O)[nH]4)n3)CC2)c(C)n1. The van der Waals surface area contributed by atoms with Crippen molar-refractivity contribution in [1.82, 2.24) is 30.2 Å². The van der Waals surface area contributed by atoms with Gasteiger partial charge >= 0.3 is 6.01 Å². The number of anilines is 3. The predicted octanol–water partition coefficient (Wildman–Crippen LogP) is 1.03. The molecule has 1 saturated heterocycles. The van der Waals surface area contributed by atoms with Gasteiger partial charge in [0.05, 0.1) is 23.3 Å². The Morgan fingerprint density at radius 1 is 1.25 bits per heavy atom. The molecular weight excluding hydrogens is 419 g/mol. The number of H-pyrrole nitrogens is 1. The first-order chi connectivity index (χ1) is 15.4. The second kappa shape index (κ2) is 9.14. The van der Waals surface area contributed by atoms with E-state index in [0.717, 1.165) is 49.5 Å². The zero-order valence-corrected chi connectivity index (χ0v) is 17.7. The summed E-state index contributed by atoms with van der Waals surface area (Å²) >= 11 is 0. The van der Waals surface area contributed by atoms with Crippen molar-refractivity contribution < 1.29 is 13.6 Å². The molecule has 12 heteroatoms. The number of hydrogen-bond donors (Lipinski definition) is 3. The number of carbonyl (C=O) groups excluding carboxylic acids is 1. The van der Waals surface area contributed by atoms with E-state index < -0.39 is 11.4 Å². The third-order valence-electron chi connectivity index (χ3n) is 5.15. The minimum atomic E-state index is -0.962. The lowest BCUT2D eigenvalue weighted by Gasteiger charge is -2.36. The molecule has 0 bridgehead atoms. The van der Waals surface area contributed by atoms with Crippen LogP contribution in [0.15, 0.2) is 33.8 Å².